The molecule has 0 amide bonds. The van der Waals surface area contributed by atoms with E-state index in [0.29, 0.717) is 6.42 Å². The molecule has 18 heavy (non-hydrogen) atoms. The van der Waals surface area contributed by atoms with E-state index in [2.05, 4.69) is 5.10 Å². The van der Waals surface area contributed by atoms with Gasteiger partial charge in [0.2, 0.25) is 0 Å². The van der Waals surface area contributed by atoms with E-state index in [0.717, 1.165) is 17.0 Å². The van der Waals surface area contributed by atoms with Crippen molar-refractivity contribution in [2.24, 2.45) is 7.05 Å². The van der Waals surface area contributed by atoms with Gasteiger partial charge in [0.1, 0.15) is 5.75 Å². The molecule has 1 aromatic carbocycles. The molecule has 4 nitrogen and oxygen atoms in total. The van der Waals surface area contributed by atoms with Crippen LogP contribution in [0.4, 0.5) is 0 Å². The molecule has 0 aliphatic heterocycles. The molecule has 96 valence electrons. The van der Waals surface area contributed by atoms with Gasteiger partial charge < -0.3 is 10.2 Å². The van der Waals surface area contributed by atoms with E-state index in [1.165, 1.54) is 0 Å². The third kappa shape index (κ3) is 2.54. The first-order valence-corrected chi connectivity index (χ1v) is 5.90. The normalized spacial score (nSPS) is 14.4. The number of phenolic OH excluding ortho intramolecular Hbond substituents is 1. The summed E-state index contributed by atoms with van der Waals surface area (Å²) >= 11 is 0. The lowest BCUT2D eigenvalue weighted by molar-refractivity contribution is 0.0556. The molecule has 0 aliphatic carbocycles. The van der Waals surface area contributed by atoms with Gasteiger partial charge >= 0.3 is 0 Å². The number of hydrogen-bond acceptors (Lipinski definition) is 3. The van der Waals surface area contributed by atoms with Crippen molar-refractivity contribution in [2.75, 3.05) is 0 Å². The van der Waals surface area contributed by atoms with E-state index in [1.54, 1.807) is 35.9 Å². The third-order valence-electron chi connectivity index (χ3n) is 3.11. The Morgan fingerprint density at radius 2 is 1.89 bits per heavy atom. The number of aromatic hydroxyl groups is 1. The molecule has 0 saturated heterocycles. The van der Waals surface area contributed by atoms with Crippen LogP contribution in [0, 0.1) is 6.92 Å². The summed E-state index contributed by atoms with van der Waals surface area (Å²) in [7, 11) is 1.87. The fourth-order valence-electron chi connectivity index (χ4n) is 2.10. The molecule has 0 radical (unpaired) electrons. The van der Waals surface area contributed by atoms with Gasteiger partial charge in [-0.05, 0) is 37.6 Å². The highest BCUT2D eigenvalue weighted by Crippen LogP contribution is 2.26. The van der Waals surface area contributed by atoms with Crippen molar-refractivity contribution in [3.05, 3.63) is 47.3 Å². The lowest BCUT2D eigenvalue weighted by atomic mass is 9.91. The van der Waals surface area contributed by atoms with Crippen molar-refractivity contribution < 1.29 is 10.2 Å². The highest BCUT2D eigenvalue weighted by atomic mass is 16.3. The minimum absolute atomic E-state index is 0.200. The van der Waals surface area contributed by atoms with Gasteiger partial charge in [-0.2, -0.15) is 5.10 Å². The Morgan fingerprint density at radius 1 is 1.28 bits per heavy atom. The van der Waals surface area contributed by atoms with E-state index >= 15 is 0 Å². The molecule has 1 atom stereocenters. The topological polar surface area (TPSA) is 58.3 Å². The molecule has 0 aliphatic rings. The Balaban J connectivity index is 2.26. The molecule has 0 fully saturated rings. The maximum Gasteiger partial charge on any atom is 0.115 e. The van der Waals surface area contributed by atoms with Gasteiger partial charge in [0, 0.05) is 19.2 Å². The average molecular weight is 246 g/mol. The SMILES string of the molecule is Cc1cc(CC(C)(O)c2ccc(O)cc2)n(C)n1. The second-order valence-electron chi connectivity index (χ2n) is 4.90. The summed E-state index contributed by atoms with van der Waals surface area (Å²) in [5, 5.41) is 24.1. The van der Waals surface area contributed by atoms with Crippen molar-refractivity contribution in [3.8, 4) is 5.75 Å². The van der Waals surface area contributed by atoms with Crippen LogP contribution in [0.2, 0.25) is 0 Å². The van der Waals surface area contributed by atoms with Crippen LogP contribution in [0.5, 0.6) is 5.75 Å². The Hall–Kier alpha value is -1.81. The van der Waals surface area contributed by atoms with Gasteiger partial charge in [-0.1, -0.05) is 12.1 Å². The molecule has 2 aromatic rings. The van der Waals surface area contributed by atoms with E-state index in [1.807, 2.05) is 20.0 Å². The molecular weight excluding hydrogens is 228 g/mol. The average Bonchev–Trinajstić information content (AvgIpc) is 2.57. The van der Waals surface area contributed by atoms with E-state index < -0.39 is 5.60 Å². The summed E-state index contributed by atoms with van der Waals surface area (Å²) < 4.78 is 1.78. The van der Waals surface area contributed by atoms with Gasteiger partial charge in [0.05, 0.1) is 11.3 Å². The number of benzene rings is 1. The summed E-state index contributed by atoms with van der Waals surface area (Å²) in [6.45, 7) is 3.69. The number of aryl methyl sites for hydroxylation is 2. The van der Waals surface area contributed by atoms with E-state index in [4.69, 9.17) is 0 Å². The van der Waals surface area contributed by atoms with Gasteiger partial charge in [-0.25, -0.2) is 0 Å². The van der Waals surface area contributed by atoms with Crippen LogP contribution in [0.3, 0.4) is 0 Å². The Kier molecular flexibility index (Phi) is 3.13. The summed E-state index contributed by atoms with van der Waals surface area (Å²) in [5.74, 6) is 0.200. The molecule has 0 spiro atoms. The predicted octanol–water partition coefficient (Wildman–Crippen LogP) is 1.88. The fraction of sp³-hybridized carbons (Fsp3) is 0.357. The zero-order valence-electron chi connectivity index (χ0n) is 10.9. The van der Waals surface area contributed by atoms with Gasteiger partial charge in [0.15, 0.2) is 0 Å². The Morgan fingerprint density at radius 3 is 2.39 bits per heavy atom. The summed E-state index contributed by atoms with van der Waals surface area (Å²) in [4.78, 5) is 0. The minimum Gasteiger partial charge on any atom is -0.508 e. The van der Waals surface area contributed by atoms with Crippen LogP contribution in [-0.2, 0) is 19.1 Å². The maximum absolute atomic E-state index is 10.5. The van der Waals surface area contributed by atoms with Crippen molar-refractivity contribution in [3.63, 3.8) is 0 Å². The first-order chi connectivity index (χ1) is 8.38. The summed E-state index contributed by atoms with van der Waals surface area (Å²) in [6, 6.07) is 8.60. The van der Waals surface area contributed by atoms with Crippen molar-refractivity contribution in [2.45, 2.75) is 25.9 Å². The number of aliphatic hydroxyl groups is 1. The molecule has 1 aromatic heterocycles. The maximum atomic E-state index is 10.5. The number of aromatic nitrogens is 2. The third-order valence-corrected chi connectivity index (χ3v) is 3.11. The Bertz CT molecular complexity index is 541. The molecule has 4 heteroatoms. The molecule has 1 unspecified atom stereocenters. The molecular formula is C14H18N2O2. The van der Waals surface area contributed by atoms with Crippen molar-refractivity contribution in [1.29, 1.82) is 0 Å². The van der Waals surface area contributed by atoms with Crippen LogP contribution in [0.1, 0.15) is 23.9 Å². The van der Waals surface area contributed by atoms with E-state index in [-0.39, 0.29) is 5.75 Å². The zero-order chi connectivity index (χ0) is 13.3. The molecule has 1 heterocycles. The predicted molar refractivity (Wildman–Crippen MR) is 69.3 cm³/mol. The lowest BCUT2D eigenvalue weighted by Crippen LogP contribution is -2.25. The second-order valence-corrected chi connectivity index (χ2v) is 4.90. The highest BCUT2D eigenvalue weighted by molar-refractivity contribution is 5.30. The van der Waals surface area contributed by atoms with E-state index in [9.17, 15) is 10.2 Å². The van der Waals surface area contributed by atoms with Gasteiger partial charge in [-0.15, -0.1) is 0 Å². The monoisotopic (exact) mass is 246 g/mol. The zero-order valence-corrected chi connectivity index (χ0v) is 10.9. The van der Waals surface area contributed by atoms with Crippen LogP contribution >= 0.6 is 0 Å². The number of hydrogen-bond donors (Lipinski definition) is 2. The largest absolute Gasteiger partial charge is 0.508 e. The second kappa shape index (κ2) is 4.46. The molecule has 2 N–H and O–H groups in total. The first kappa shape index (κ1) is 12.6. The summed E-state index contributed by atoms with van der Waals surface area (Å²) in [5.41, 5.74) is 1.72. The smallest absolute Gasteiger partial charge is 0.115 e. The summed E-state index contributed by atoms with van der Waals surface area (Å²) in [6.07, 6.45) is 0.481. The fourth-order valence-corrected chi connectivity index (χ4v) is 2.10. The first-order valence-electron chi connectivity index (χ1n) is 5.90. The molecule has 2 rings (SSSR count). The quantitative estimate of drug-likeness (QED) is 0.869. The lowest BCUT2D eigenvalue weighted by Gasteiger charge is -2.23. The van der Waals surface area contributed by atoms with Gasteiger partial charge in [-0.3, -0.25) is 4.68 Å². The number of nitrogens with zero attached hydrogens (tertiary/aromatic N) is 2. The van der Waals surface area contributed by atoms with Crippen LogP contribution in [0.15, 0.2) is 30.3 Å². The molecule has 0 bridgehead atoms. The minimum atomic E-state index is -0.978. The van der Waals surface area contributed by atoms with Crippen LogP contribution in [-0.4, -0.2) is 20.0 Å². The highest BCUT2D eigenvalue weighted by Gasteiger charge is 2.25. The van der Waals surface area contributed by atoms with Crippen LogP contribution in [0.25, 0.3) is 0 Å². The van der Waals surface area contributed by atoms with Crippen molar-refractivity contribution >= 4 is 0 Å². The van der Waals surface area contributed by atoms with Crippen molar-refractivity contribution in [1.82, 2.24) is 9.78 Å². The van der Waals surface area contributed by atoms with Gasteiger partial charge in [0.25, 0.3) is 0 Å². The number of phenols is 1. The standard InChI is InChI=1S/C14H18N2O2/c1-10-8-12(16(3)15-10)9-14(2,18)11-4-6-13(17)7-5-11/h4-8,17-18H,9H2,1-3H3. The Labute approximate surface area is 107 Å². The number of rotatable bonds is 3. The molecule has 0 saturated carbocycles. The van der Waals surface area contributed by atoms with Crippen LogP contribution < -0.4 is 0 Å².